The zero-order valence-corrected chi connectivity index (χ0v) is 13.7. The molecule has 114 valence electrons. The van der Waals surface area contributed by atoms with E-state index in [0.29, 0.717) is 6.04 Å². The van der Waals surface area contributed by atoms with Crippen LogP contribution in [-0.4, -0.2) is 24.7 Å². The van der Waals surface area contributed by atoms with Crippen molar-refractivity contribution in [1.29, 1.82) is 0 Å². The maximum absolute atomic E-state index is 5.20. The summed E-state index contributed by atoms with van der Waals surface area (Å²) in [4.78, 5) is 4.40. The van der Waals surface area contributed by atoms with E-state index in [2.05, 4.69) is 34.7 Å². The van der Waals surface area contributed by atoms with Crippen LogP contribution in [0.3, 0.4) is 0 Å². The van der Waals surface area contributed by atoms with Crippen molar-refractivity contribution in [2.24, 2.45) is 0 Å². The Balaban J connectivity index is 1.87. The lowest BCUT2D eigenvalue weighted by atomic mass is 10.0. The van der Waals surface area contributed by atoms with E-state index >= 15 is 0 Å². The molecule has 0 fully saturated rings. The number of aryl methyl sites for hydroxylation is 1. The normalized spacial score (nSPS) is 12.3. The molecular weight excluding hydrogens is 280 g/mol. The molecule has 0 aliphatic carbocycles. The molecule has 0 amide bonds. The summed E-state index contributed by atoms with van der Waals surface area (Å²) in [6, 6.07) is 8.87. The average molecular weight is 304 g/mol. The van der Waals surface area contributed by atoms with E-state index < -0.39 is 0 Å². The van der Waals surface area contributed by atoms with Crippen LogP contribution in [-0.2, 0) is 12.8 Å². The van der Waals surface area contributed by atoms with E-state index in [1.54, 1.807) is 18.4 Å². The van der Waals surface area contributed by atoms with Crippen LogP contribution in [0.15, 0.2) is 35.8 Å². The lowest BCUT2D eigenvalue weighted by molar-refractivity contribution is 0.414. The Bertz CT molecular complexity index is 496. The predicted octanol–water partition coefficient (Wildman–Crippen LogP) is 3.70. The predicted molar refractivity (Wildman–Crippen MR) is 89.2 cm³/mol. The summed E-state index contributed by atoms with van der Waals surface area (Å²) in [7, 11) is 1.70. The van der Waals surface area contributed by atoms with Gasteiger partial charge in [-0.2, -0.15) is 0 Å². The van der Waals surface area contributed by atoms with Crippen molar-refractivity contribution in [3.8, 4) is 5.75 Å². The van der Waals surface area contributed by atoms with Gasteiger partial charge < -0.3 is 10.1 Å². The second kappa shape index (κ2) is 8.80. The van der Waals surface area contributed by atoms with Gasteiger partial charge in [0.1, 0.15) is 5.75 Å². The fraction of sp³-hybridized carbons (Fsp3) is 0.471. The highest BCUT2D eigenvalue weighted by atomic mass is 32.1. The van der Waals surface area contributed by atoms with Crippen molar-refractivity contribution in [2.75, 3.05) is 13.7 Å². The van der Waals surface area contributed by atoms with Crippen LogP contribution >= 0.6 is 11.3 Å². The fourth-order valence-corrected chi connectivity index (χ4v) is 3.02. The van der Waals surface area contributed by atoms with Crippen molar-refractivity contribution < 1.29 is 4.74 Å². The summed E-state index contributed by atoms with van der Waals surface area (Å²) in [5, 5.41) is 6.91. The summed E-state index contributed by atoms with van der Waals surface area (Å²) < 4.78 is 5.20. The highest BCUT2D eigenvalue weighted by molar-refractivity contribution is 7.09. The largest absolute Gasteiger partial charge is 0.497 e. The minimum Gasteiger partial charge on any atom is -0.497 e. The zero-order chi connectivity index (χ0) is 14.9. The number of ether oxygens (including phenoxy) is 1. The van der Waals surface area contributed by atoms with Crippen LogP contribution in [0, 0.1) is 0 Å². The molecule has 0 aliphatic heterocycles. The third kappa shape index (κ3) is 5.48. The summed E-state index contributed by atoms with van der Waals surface area (Å²) in [6.07, 6.45) is 6.29. The first-order valence-electron chi connectivity index (χ1n) is 7.56. The number of nitrogens with zero attached hydrogens (tertiary/aromatic N) is 1. The number of methoxy groups -OCH3 is 1. The summed E-state index contributed by atoms with van der Waals surface area (Å²) in [5.74, 6) is 0.919. The molecule has 1 aromatic heterocycles. The lowest BCUT2D eigenvalue weighted by Gasteiger charge is -2.17. The van der Waals surface area contributed by atoms with E-state index in [4.69, 9.17) is 4.74 Å². The molecule has 4 heteroatoms. The molecule has 21 heavy (non-hydrogen) atoms. The molecular formula is C17H24N2OS. The highest BCUT2D eigenvalue weighted by Gasteiger charge is 2.10. The van der Waals surface area contributed by atoms with Crippen molar-refractivity contribution in [3.05, 3.63) is 46.4 Å². The van der Waals surface area contributed by atoms with Crippen LogP contribution in [0.1, 0.15) is 30.3 Å². The van der Waals surface area contributed by atoms with Gasteiger partial charge in [-0.3, -0.25) is 0 Å². The van der Waals surface area contributed by atoms with E-state index in [9.17, 15) is 0 Å². The molecule has 0 saturated carbocycles. The Kier molecular flexibility index (Phi) is 6.70. The first-order chi connectivity index (χ1) is 10.3. The zero-order valence-electron chi connectivity index (χ0n) is 12.8. The van der Waals surface area contributed by atoms with E-state index in [-0.39, 0.29) is 0 Å². The number of nitrogens with one attached hydrogen (secondary N) is 1. The van der Waals surface area contributed by atoms with Crippen molar-refractivity contribution in [1.82, 2.24) is 10.3 Å². The molecule has 0 aliphatic rings. The monoisotopic (exact) mass is 304 g/mol. The maximum Gasteiger partial charge on any atom is 0.118 e. The molecule has 0 saturated heterocycles. The number of rotatable bonds is 9. The van der Waals surface area contributed by atoms with E-state index in [1.807, 2.05) is 18.3 Å². The molecule has 2 rings (SSSR count). The SMILES string of the molecule is CCCNC(CCc1ccc(OC)cc1)Cc1nccs1. The van der Waals surface area contributed by atoms with Crippen LogP contribution in [0.5, 0.6) is 5.75 Å². The molecule has 0 bridgehead atoms. The average Bonchev–Trinajstić information content (AvgIpc) is 3.03. The number of aromatic nitrogens is 1. The number of hydrogen-bond acceptors (Lipinski definition) is 4. The van der Waals surface area contributed by atoms with Gasteiger partial charge >= 0.3 is 0 Å². The summed E-state index contributed by atoms with van der Waals surface area (Å²) in [5.41, 5.74) is 1.36. The Labute approximate surface area is 131 Å². The Morgan fingerprint density at radius 2 is 2.10 bits per heavy atom. The number of benzene rings is 1. The molecule has 1 aromatic carbocycles. The number of hydrogen-bond donors (Lipinski definition) is 1. The van der Waals surface area contributed by atoms with Gasteiger partial charge in [0, 0.05) is 24.0 Å². The van der Waals surface area contributed by atoms with Gasteiger partial charge in [0.25, 0.3) is 0 Å². The van der Waals surface area contributed by atoms with Gasteiger partial charge in [-0.25, -0.2) is 4.98 Å². The van der Waals surface area contributed by atoms with E-state index in [0.717, 1.165) is 38.0 Å². The van der Waals surface area contributed by atoms with E-state index in [1.165, 1.54) is 10.6 Å². The summed E-state index contributed by atoms with van der Waals surface area (Å²) in [6.45, 7) is 3.27. The maximum atomic E-state index is 5.20. The Morgan fingerprint density at radius 3 is 2.71 bits per heavy atom. The van der Waals surface area contributed by atoms with Gasteiger partial charge in [0.2, 0.25) is 0 Å². The third-order valence-electron chi connectivity index (χ3n) is 3.53. The lowest BCUT2D eigenvalue weighted by Crippen LogP contribution is -2.32. The van der Waals surface area contributed by atoms with Gasteiger partial charge in [-0.15, -0.1) is 11.3 Å². The molecule has 1 unspecified atom stereocenters. The Morgan fingerprint density at radius 1 is 1.29 bits per heavy atom. The molecule has 1 heterocycles. The fourth-order valence-electron chi connectivity index (χ4n) is 2.32. The smallest absolute Gasteiger partial charge is 0.118 e. The van der Waals surface area contributed by atoms with Gasteiger partial charge in [0.15, 0.2) is 0 Å². The second-order valence-electron chi connectivity index (χ2n) is 5.17. The molecule has 3 nitrogen and oxygen atoms in total. The topological polar surface area (TPSA) is 34.1 Å². The number of thiazole rings is 1. The van der Waals surface area contributed by atoms with Crippen LogP contribution in [0.25, 0.3) is 0 Å². The van der Waals surface area contributed by atoms with Crippen LogP contribution in [0.2, 0.25) is 0 Å². The van der Waals surface area contributed by atoms with Crippen LogP contribution < -0.4 is 10.1 Å². The molecule has 0 spiro atoms. The highest BCUT2D eigenvalue weighted by Crippen LogP contribution is 2.15. The molecule has 2 aromatic rings. The van der Waals surface area contributed by atoms with Gasteiger partial charge in [-0.05, 0) is 43.5 Å². The van der Waals surface area contributed by atoms with Crippen molar-refractivity contribution >= 4 is 11.3 Å². The molecule has 0 radical (unpaired) electrons. The molecule has 1 N–H and O–H groups in total. The minimum absolute atomic E-state index is 0.498. The van der Waals surface area contributed by atoms with Gasteiger partial charge in [0.05, 0.1) is 12.1 Å². The van der Waals surface area contributed by atoms with Crippen molar-refractivity contribution in [3.63, 3.8) is 0 Å². The standard InChI is InChI=1S/C17H24N2OS/c1-3-10-18-15(13-17-19-11-12-21-17)7-4-14-5-8-16(20-2)9-6-14/h5-6,8-9,11-12,15,18H,3-4,7,10,13H2,1-2H3. The van der Waals surface area contributed by atoms with Gasteiger partial charge in [-0.1, -0.05) is 19.1 Å². The van der Waals surface area contributed by atoms with Crippen LogP contribution in [0.4, 0.5) is 0 Å². The second-order valence-corrected chi connectivity index (χ2v) is 6.15. The molecule has 1 atom stereocenters. The Hall–Kier alpha value is -1.39. The summed E-state index contributed by atoms with van der Waals surface area (Å²) >= 11 is 1.74. The first-order valence-corrected chi connectivity index (χ1v) is 8.44. The minimum atomic E-state index is 0.498. The van der Waals surface area contributed by atoms with Crippen molar-refractivity contribution in [2.45, 2.75) is 38.6 Å². The third-order valence-corrected chi connectivity index (χ3v) is 4.33. The first kappa shape index (κ1) is 16.0. The quantitative estimate of drug-likeness (QED) is 0.767.